The van der Waals surface area contributed by atoms with E-state index in [4.69, 9.17) is 0 Å². The van der Waals surface area contributed by atoms with Gasteiger partial charge in [0.15, 0.2) is 0 Å². The Morgan fingerprint density at radius 2 is 1.88 bits per heavy atom. The van der Waals surface area contributed by atoms with Gasteiger partial charge in [0, 0.05) is 25.3 Å². The van der Waals surface area contributed by atoms with Gasteiger partial charge in [-0.05, 0) is 18.1 Å². The summed E-state index contributed by atoms with van der Waals surface area (Å²) in [7, 11) is 4.16. The highest BCUT2D eigenvalue weighted by Crippen LogP contribution is 2.27. The van der Waals surface area contributed by atoms with Crippen LogP contribution < -0.4 is 4.90 Å². The highest BCUT2D eigenvalue weighted by atomic mass is 15.1. The van der Waals surface area contributed by atoms with Gasteiger partial charge in [0.25, 0.3) is 0 Å². The molecule has 1 aliphatic carbocycles. The van der Waals surface area contributed by atoms with Crippen molar-refractivity contribution in [1.82, 2.24) is 0 Å². The first-order valence-electron chi connectivity index (χ1n) is 5.59. The predicted octanol–water partition coefficient (Wildman–Crippen LogP) is 3.65. The molecule has 0 spiro atoms. The van der Waals surface area contributed by atoms with Crippen molar-refractivity contribution >= 4 is 11.3 Å². The molecule has 0 amide bonds. The fraction of sp³-hybridized carbons (Fsp3) is 0.200. The lowest BCUT2D eigenvalue weighted by atomic mass is 10.0. The van der Waals surface area contributed by atoms with Crippen LogP contribution in [0.25, 0.3) is 5.57 Å². The van der Waals surface area contributed by atoms with E-state index >= 15 is 0 Å². The molecule has 1 heteroatoms. The number of benzene rings is 1. The van der Waals surface area contributed by atoms with Crippen LogP contribution in [0.2, 0.25) is 0 Å². The average molecular weight is 211 g/mol. The third-order valence-electron chi connectivity index (χ3n) is 2.68. The molecule has 0 fully saturated rings. The van der Waals surface area contributed by atoms with Gasteiger partial charge in [-0.25, -0.2) is 0 Å². The number of allylic oxidation sites excluding steroid dienone is 6. The summed E-state index contributed by atoms with van der Waals surface area (Å²) in [5.41, 5.74) is 3.82. The van der Waals surface area contributed by atoms with Crippen LogP contribution in [0, 0.1) is 0 Å². The Labute approximate surface area is 97.4 Å². The van der Waals surface area contributed by atoms with E-state index in [1.54, 1.807) is 0 Å². The van der Waals surface area contributed by atoms with Gasteiger partial charge in [0.05, 0.1) is 0 Å². The van der Waals surface area contributed by atoms with Crippen LogP contribution in [-0.4, -0.2) is 14.1 Å². The lowest BCUT2D eigenvalue weighted by molar-refractivity contribution is 1.13. The van der Waals surface area contributed by atoms with E-state index in [1.807, 2.05) is 0 Å². The molecule has 2 rings (SSSR count). The second-order valence-corrected chi connectivity index (χ2v) is 4.10. The summed E-state index contributed by atoms with van der Waals surface area (Å²) in [6.45, 7) is 0. The van der Waals surface area contributed by atoms with E-state index in [0.29, 0.717) is 0 Å². The maximum absolute atomic E-state index is 2.20. The number of nitrogens with zero attached hydrogens (tertiary/aromatic N) is 1. The Kier molecular flexibility index (Phi) is 3.25. The van der Waals surface area contributed by atoms with Crippen LogP contribution in [0.5, 0.6) is 0 Å². The Bertz CT molecular complexity index is 450. The van der Waals surface area contributed by atoms with Crippen LogP contribution in [0.15, 0.2) is 54.6 Å². The minimum Gasteiger partial charge on any atom is -0.377 e. The van der Waals surface area contributed by atoms with Crippen molar-refractivity contribution in [2.75, 3.05) is 19.0 Å². The van der Waals surface area contributed by atoms with Crippen molar-refractivity contribution in [1.29, 1.82) is 0 Å². The predicted molar refractivity (Wildman–Crippen MR) is 71.6 cm³/mol. The van der Waals surface area contributed by atoms with E-state index in [1.165, 1.54) is 16.8 Å². The molecule has 0 bridgehead atoms. The number of hydrogen-bond donors (Lipinski definition) is 0. The summed E-state index contributed by atoms with van der Waals surface area (Å²) in [4.78, 5) is 2.15. The largest absolute Gasteiger partial charge is 0.377 e. The van der Waals surface area contributed by atoms with Gasteiger partial charge in [-0.2, -0.15) is 0 Å². The van der Waals surface area contributed by atoms with Crippen molar-refractivity contribution in [3.63, 3.8) is 0 Å². The van der Waals surface area contributed by atoms with E-state index in [9.17, 15) is 0 Å². The highest BCUT2D eigenvalue weighted by molar-refractivity contribution is 5.83. The van der Waals surface area contributed by atoms with Gasteiger partial charge < -0.3 is 4.90 Å². The molecule has 1 aromatic carbocycles. The number of para-hydroxylation sites is 1. The zero-order valence-corrected chi connectivity index (χ0v) is 9.85. The number of hydrogen-bond acceptors (Lipinski definition) is 1. The molecule has 0 unspecified atom stereocenters. The Balaban J connectivity index is 2.47. The molecule has 82 valence electrons. The van der Waals surface area contributed by atoms with E-state index in [2.05, 4.69) is 73.6 Å². The lowest BCUT2D eigenvalue weighted by Gasteiger charge is -2.17. The summed E-state index contributed by atoms with van der Waals surface area (Å²) in [6, 6.07) is 8.49. The van der Waals surface area contributed by atoms with Gasteiger partial charge in [0.2, 0.25) is 0 Å². The standard InChI is InChI=1S/C15H17N/c1-16(2)15-12-8-7-11-14(15)13-9-5-3-4-6-10-13/h3,5-12H,4H2,1-2H3. The maximum Gasteiger partial charge on any atom is 0.0440 e. The van der Waals surface area contributed by atoms with Gasteiger partial charge in [0.1, 0.15) is 0 Å². The van der Waals surface area contributed by atoms with Crippen LogP contribution in [-0.2, 0) is 0 Å². The summed E-state index contributed by atoms with van der Waals surface area (Å²) in [5, 5.41) is 0. The van der Waals surface area contributed by atoms with Crippen molar-refractivity contribution in [3.8, 4) is 0 Å². The molecule has 16 heavy (non-hydrogen) atoms. The zero-order valence-electron chi connectivity index (χ0n) is 9.85. The molecule has 0 saturated carbocycles. The van der Waals surface area contributed by atoms with Crippen LogP contribution in [0.3, 0.4) is 0 Å². The summed E-state index contributed by atoms with van der Waals surface area (Å²) < 4.78 is 0. The lowest BCUT2D eigenvalue weighted by Crippen LogP contribution is -2.10. The first-order valence-corrected chi connectivity index (χ1v) is 5.59. The Morgan fingerprint density at radius 1 is 1.06 bits per heavy atom. The molecule has 0 aliphatic heterocycles. The topological polar surface area (TPSA) is 3.24 Å². The normalized spacial score (nSPS) is 14.5. The van der Waals surface area contributed by atoms with Crippen LogP contribution >= 0.6 is 0 Å². The number of anilines is 1. The quantitative estimate of drug-likeness (QED) is 0.721. The summed E-state index contributed by atoms with van der Waals surface area (Å²) in [5.74, 6) is 0. The fourth-order valence-corrected chi connectivity index (χ4v) is 1.87. The molecule has 1 aromatic rings. The molecule has 0 N–H and O–H groups in total. The minimum atomic E-state index is 1.02. The van der Waals surface area contributed by atoms with Crippen LogP contribution in [0.4, 0.5) is 5.69 Å². The van der Waals surface area contributed by atoms with E-state index in [-0.39, 0.29) is 0 Å². The third-order valence-corrected chi connectivity index (χ3v) is 2.68. The molecular weight excluding hydrogens is 194 g/mol. The Hall–Kier alpha value is -1.76. The van der Waals surface area contributed by atoms with E-state index < -0.39 is 0 Å². The molecule has 0 heterocycles. The first-order chi connectivity index (χ1) is 7.79. The van der Waals surface area contributed by atoms with Crippen molar-refractivity contribution in [2.24, 2.45) is 0 Å². The molecular formula is C15H17N. The monoisotopic (exact) mass is 211 g/mol. The molecule has 0 aromatic heterocycles. The SMILES string of the molecule is CN(C)c1ccccc1C1=CC=CCC=C1. The molecule has 1 aliphatic rings. The number of rotatable bonds is 2. The second-order valence-electron chi connectivity index (χ2n) is 4.10. The smallest absolute Gasteiger partial charge is 0.0440 e. The molecule has 1 nitrogen and oxygen atoms in total. The van der Waals surface area contributed by atoms with Gasteiger partial charge in [-0.1, -0.05) is 48.6 Å². The molecule has 0 saturated heterocycles. The summed E-state index contributed by atoms with van der Waals surface area (Å²) in [6.07, 6.45) is 11.9. The average Bonchev–Trinajstić information content (AvgIpc) is 2.57. The van der Waals surface area contributed by atoms with Crippen molar-refractivity contribution in [2.45, 2.75) is 6.42 Å². The second kappa shape index (κ2) is 4.84. The van der Waals surface area contributed by atoms with Crippen molar-refractivity contribution in [3.05, 3.63) is 60.2 Å². The highest BCUT2D eigenvalue weighted by Gasteiger charge is 2.06. The zero-order chi connectivity index (χ0) is 11.4. The maximum atomic E-state index is 2.20. The fourth-order valence-electron chi connectivity index (χ4n) is 1.87. The molecule has 0 atom stereocenters. The van der Waals surface area contributed by atoms with Gasteiger partial charge in [-0.15, -0.1) is 0 Å². The summed E-state index contributed by atoms with van der Waals surface area (Å²) >= 11 is 0. The first kappa shape index (κ1) is 10.7. The molecule has 0 radical (unpaired) electrons. The third kappa shape index (κ3) is 2.25. The van der Waals surface area contributed by atoms with Crippen LogP contribution in [0.1, 0.15) is 12.0 Å². The van der Waals surface area contributed by atoms with Gasteiger partial charge in [-0.3, -0.25) is 0 Å². The van der Waals surface area contributed by atoms with Crippen molar-refractivity contribution < 1.29 is 0 Å². The van der Waals surface area contributed by atoms with Gasteiger partial charge >= 0.3 is 0 Å². The minimum absolute atomic E-state index is 1.02. The van der Waals surface area contributed by atoms with E-state index in [0.717, 1.165) is 6.42 Å². The Morgan fingerprint density at radius 3 is 2.69 bits per heavy atom.